The first-order valence-electron chi connectivity index (χ1n) is 7.70. The number of benzene rings is 1. The smallest absolute Gasteiger partial charge is 0.237 e. The number of carbonyl (C=O) groups excluding carboxylic acids is 1. The van der Waals surface area contributed by atoms with Crippen LogP contribution >= 0.6 is 23.4 Å². The van der Waals surface area contributed by atoms with Crippen LogP contribution in [0.3, 0.4) is 0 Å². The van der Waals surface area contributed by atoms with E-state index in [0.29, 0.717) is 27.4 Å². The first-order chi connectivity index (χ1) is 12.6. The first kappa shape index (κ1) is 18.2. The van der Waals surface area contributed by atoms with Crippen molar-refractivity contribution in [1.82, 2.24) is 20.2 Å². The molecule has 7 nitrogen and oxygen atoms in total. The second-order valence-corrected chi connectivity index (χ2v) is 7.02. The lowest BCUT2D eigenvalue weighted by Gasteiger charge is -2.11. The minimum absolute atomic E-state index is 0.175. The van der Waals surface area contributed by atoms with Gasteiger partial charge >= 0.3 is 0 Å². The number of halogens is 1. The Labute approximate surface area is 159 Å². The van der Waals surface area contributed by atoms with Gasteiger partial charge in [0.1, 0.15) is 5.75 Å². The number of rotatable bonds is 6. The van der Waals surface area contributed by atoms with Gasteiger partial charge in [0.15, 0.2) is 5.82 Å². The van der Waals surface area contributed by atoms with Gasteiger partial charge in [0.05, 0.1) is 17.4 Å². The molecule has 0 spiro atoms. The minimum atomic E-state index is -0.392. The van der Waals surface area contributed by atoms with Crippen molar-refractivity contribution >= 4 is 35.0 Å². The van der Waals surface area contributed by atoms with Gasteiger partial charge in [0.25, 0.3) is 0 Å². The molecule has 2 heterocycles. The minimum Gasteiger partial charge on any atom is -0.495 e. The van der Waals surface area contributed by atoms with E-state index < -0.39 is 5.25 Å². The van der Waals surface area contributed by atoms with E-state index in [1.54, 1.807) is 37.5 Å². The lowest BCUT2D eigenvalue weighted by atomic mass is 10.3. The Morgan fingerprint density at radius 3 is 2.77 bits per heavy atom. The van der Waals surface area contributed by atoms with Crippen LogP contribution in [0.15, 0.2) is 47.9 Å². The van der Waals surface area contributed by atoms with E-state index in [-0.39, 0.29) is 5.91 Å². The highest BCUT2D eigenvalue weighted by molar-refractivity contribution is 8.00. The van der Waals surface area contributed by atoms with E-state index in [1.165, 1.54) is 18.9 Å². The molecule has 0 fully saturated rings. The van der Waals surface area contributed by atoms with Crippen molar-refractivity contribution in [3.05, 3.63) is 47.7 Å². The zero-order chi connectivity index (χ0) is 18.5. The lowest BCUT2D eigenvalue weighted by molar-refractivity contribution is -0.115. The summed E-state index contributed by atoms with van der Waals surface area (Å²) in [7, 11) is 1.54. The van der Waals surface area contributed by atoms with Gasteiger partial charge in [-0.3, -0.25) is 14.9 Å². The highest BCUT2D eigenvalue weighted by atomic mass is 35.5. The van der Waals surface area contributed by atoms with Crippen molar-refractivity contribution in [2.75, 3.05) is 12.4 Å². The molecule has 3 aromatic rings. The zero-order valence-corrected chi connectivity index (χ0v) is 15.6. The molecule has 0 radical (unpaired) electrons. The summed E-state index contributed by atoms with van der Waals surface area (Å²) in [6.07, 6.45) is 3.36. The van der Waals surface area contributed by atoms with Gasteiger partial charge in [-0.1, -0.05) is 23.4 Å². The molecule has 0 saturated carbocycles. The van der Waals surface area contributed by atoms with Gasteiger partial charge in [0.2, 0.25) is 11.1 Å². The Kier molecular flexibility index (Phi) is 5.75. The number of hydrogen-bond donors (Lipinski definition) is 2. The average molecular weight is 390 g/mol. The Bertz CT molecular complexity index is 903. The van der Waals surface area contributed by atoms with Crippen LogP contribution in [-0.2, 0) is 4.79 Å². The van der Waals surface area contributed by atoms with Crippen LogP contribution in [0.25, 0.3) is 11.4 Å². The predicted molar refractivity (Wildman–Crippen MR) is 102 cm³/mol. The molecule has 1 amide bonds. The van der Waals surface area contributed by atoms with Crippen molar-refractivity contribution in [2.24, 2.45) is 0 Å². The number of thioether (sulfide) groups is 1. The number of pyridine rings is 1. The number of hydrogen-bond acceptors (Lipinski definition) is 6. The second-order valence-electron chi connectivity index (χ2n) is 5.30. The largest absolute Gasteiger partial charge is 0.495 e. The van der Waals surface area contributed by atoms with Crippen molar-refractivity contribution in [2.45, 2.75) is 17.3 Å². The third kappa shape index (κ3) is 4.33. The third-order valence-corrected chi connectivity index (χ3v) is 4.75. The second kappa shape index (κ2) is 8.20. The molecule has 134 valence electrons. The molecule has 2 aromatic heterocycles. The van der Waals surface area contributed by atoms with Crippen molar-refractivity contribution in [3.63, 3.8) is 0 Å². The number of ether oxygens (including phenoxy) is 1. The highest BCUT2D eigenvalue weighted by Gasteiger charge is 2.18. The lowest BCUT2D eigenvalue weighted by Crippen LogP contribution is -2.22. The summed E-state index contributed by atoms with van der Waals surface area (Å²) in [6, 6.07) is 8.74. The number of methoxy groups -OCH3 is 1. The fourth-order valence-electron chi connectivity index (χ4n) is 2.14. The van der Waals surface area contributed by atoms with E-state index in [9.17, 15) is 4.79 Å². The Morgan fingerprint density at radius 2 is 2.08 bits per heavy atom. The summed E-state index contributed by atoms with van der Waals surface area (Å²) in [5, 5.41) is 10.4. The Morgan fingerprint density at radius 1 is 1.31 bits per heavy atom. The maximum Gasteiger partial charge on any atom is 0.237 e. The molecule has 0 bridgehead atoms. The van der Waals surface area contributed by atoms with Crippen molar-refractivity contribution < 1.29 is 9.53 Å². The number of nitrogens with zero attached hydrogens (tertiary/aromatic N) is 3. The number of carbonyl (C=O) groups is 1. The number of amides is 1. The van der Waals surface area contributed by atoms with Crippen LogP contribution in [0, 0.1) is 0 Å². The number of H-pyrrole nitrogens is 1. The quantitative estimate of drug-likeness (QED) is 0.625. The zero-order valence-electron chi connectivity index (χ0n) is 14.1. The molecule has 0 saturated heterocycles. The molecule has 2 N–H and O–H groups in total. The van der Waals surface area contributed by atoms with E-state index in [2.05, 4.69) is 25.5 Å². The third-order valence-electron chi connectivity index (χ3n) is 3.49. The number of aromatic amines is 1. The molecule has 1 atom stereocenters. The summed E-state index contributed by atoms with van der Waals surface area (Å²) < 4.78 is 5.10. The van der Waals surface area contributed by atoms with Crippen LogP contribution in [0.1, 0.15) is 6.92 Å². The SMILES string of the molecule is COc1ccc(NC(=O)[C@@H](C)Sc2n[nH]c(-c3ccncc3)n2)cc1Cl. The van der Waals surface area contributed by atoms with E-state index in [0.717, 1.165) is 5.56 Å². The van der Waals surface area contributed by atoms with Gasteiger partial charge < -0.3 is 10.1 Å². The summed E-state index contributed by atoms with van der Waals surface area (Å²) in [5.74, 6) is 1.01. The fourth-order valence-corrected chi connectivity index (χ4v) is 3.12. The van der Waals surface area contributed by atoms with Crippen LogP contribution in [0.4, 0.5) is 5.69 Å². The number of anilines is 1. The summed E-state index contributed by atoms with van der Waals surface area (Å²) >= 11 is 7.33. The molecular formula is C17H16ClN5O2S. The van der Waals surface area contributed by atoms with Crippen LogP contribution in [-0.4, -0.2) is 38.4 Å². The normalized spacial score (nSPS) is 11.8. The number of nitrogens with one attached hydrogen (secondary N) is 2. The number of aromatic nitrogens is 4. The Balaban J connectivity index is 1.63. The summed E-state index contributed by atoms with van der Waals surface area (Å²) in [6.45, 7) is 1.79. The first-order valence-corrected chi connectivity index (χ1v) is 8.96. The molecule has 9 heteroatoms. The van der Waals surface area contributed by atoms with Gasteiger partial charge in [-0.15, -0.1) is 5.10 Å². The topological polar surface area (TPSA) is 92.8 Å². The van der Waals surface area contributed by atoms with Gasteiger partial charge in [-0.25, -0.2) is 4.98 Å². The summed E-state index contributed by atoms with van der Waals surface area (Å²) in [4.78, 5) is 20.7. The average Bonchev–Trinajstić information content (AvgIpc) is 3.11. The molecule has 0 aliphatic rings. The summed E-state index contributed by atoms with van der Waals surface area (Å²) in [5.41, 5.74) is 1.48. The predicted octanol–water partition coefficient (Wildman–Crippen LogP) is 3.65. The molecule has 0 aliphatic carbocycles. The van der Waals surface area contributed by atoms with E-state index >= 15 is 0 Å². The molecule has 3 rings (SSSR count). The van der Waals surface area contributed by atoms with Gasteiger partial charge in [0, 0.05) is 23.6 Å². The van der Waals surface area contributed by atoms with E-state index in [4.69, 9.17) is 16.3 Å². The van der Waals surface area contributed by atoms with E-state index in [1.807, 2.05) is 12.1 Å². The molecule has 0 unspecified atom stereocenters. The maximum atomic E-state index is 12.4. The molecule has 1 aromatic carbocycles. The van der Waals surface area contributed by atoms with Gasteiger partial charge in [-0.2, -0.15) is 0 Å². The van der Waals surface area contributed by atoms with Gasteiger partial charge in [-0.05, 0) is 37.3 Å². The van der Waals surface area contributed by atoms with Crippen LogP contribution in [0.5, 0.6) is 5.75 Å². The molecule has 0 aliphatic heterocycles. The van der Waals surface area contributed by atoms with Crippen molar-refractivity contribution in [1.29, 1.82) is 0 Å². The highest BCUT2D eigenvalue weighted by Crippen LogP contribution is 2.28. The molecule has 26 heavy (non-hydrogen) atoms. The van der Waals surface area contributed by atoms with Crippen molar-refractivity contribution in [3.8, 4) is 17.1 Å². The van der Waals surface area contributed by atoms with Crippen LogP contribution < -0.4 is 10.1 Å². The monoisotopic (exact) mass is 389 g/mol. The Hall–Kier alpha value is -2.58. The molecular weight excluding hydrogens is 374 g/mol. The van der Waals surface area contributed by atoms with Crippen LogP contribution in [0.2, 0.25) is 5.02 Å². The maximum absolute atomic E-state index is 12.4. The fraction of sp³-hybridized carbons (Fsp3) is 0.176. The standard InChI is InChI=1S/C17H16ClN5O2S/c1-10(16(24)20-12-3-4-14(25-2)13(18)9-12)26-17-21-15(22-23-17)11-5-7-19-8-6-11/h3-10H,1-2H3,(H,20,24)(H,21,22,23)/t10-/m1/s1.